The molecule has 2 aromatic rings. The number of aliphatic hydroxyl groups excluding tert-OH is 1. The number of aryl methyl sites for hydroxylation is 1. The largest absolute Gasteiger partial charge is 0.493 e. The zero-order valence-corrected chi connectivity index (χ0v) is 21.9. The van der Waals surface area contributed by atoms with E-state index in [1.807, 2.05) is 47.4 Å². The van der Waals surface area contributed by atoms with E-state index >= 15 is 0 Å². The second-order valence-electron chi connectivity index (χ2n) is 10.4. The number of hydrogen-bond donors (Lipinski definition) is 2. The average molecular weight is 524 g/mol. The third-order valence-corrected chi connectivity index (χ3v) is 7.62. The average Bonchev–Trinajstić information content (AvgIpc) is 2.92. The zero-order chi connectivity index (χ0) is 26.5. The SMILES string of the molecule is COc1ccc2cc1Oc1cccc(c1)CO[C@H]1CCN(C(=O)CN3CCC(O)CC3)C[C@H]1NC(=O)CC2. The highest BCUT2D eigenvalue weighted by molar-refractivity contribution is 5.79. The fraction of sp³-hybridized carbons (Fsp3) is 0.517. The van der Waals surface area contributed by atoms with E-state index in [1.54, 1.807) is 7.11 Å². The number of fused-ring (bicyclic) bond motifs is 5. The number of likely N-dealkylation sites (tertiary alicyclic amines) is 2. The fourth-order valence-electron chi connectivity index (χ4n) is 5.39. The highest BCUT2D eigenvalue weighted by Crippen LogP contribution is 2.33. The van der Waals surface area contributed by atoms with E-state index in [0.717, 1.165) is 24.2 Å². The quantitative estimate of drug-likeness (QED) is 0.638. The molecule has 4 bridgehead atoms. The van der Waals surface area contributed by atoms with Gasteiger partial charge in [-0.05, 0) is 61.1 Å². The highest BCUT2D eigenvalue weighted by atomic mass is 16.5. The Hall–Kier alpha value is -3.14. The van der Waals surface area contributed by atoms with Crippen LogP contribution in [0.15, 0.2) is 42.5 Å². The van der Waals surface area contributed by atoms with Crippen molar-refractivity contribution in [3.8, 4) is 17.2 Å². The molecule has 0 radical (unpaired) electrons. The van der Waals surface area contributed by atoms with E-state index in [-0.39, 0.29) is 30.1 Å². The second-order valence-corrected chi connectivity index (χ2v) is 10.4. The first kappa shape index (κ1) is 26.5. The summed E-state index contributed by atoms with van der Waals surface area (Å²) in [7, 11) is 1.61. The standard InChI is InChI=1S/C29H37N3O6/c1-36-26-7-5-20-6-8-28(34)30-24-17-32(29(35)18-31-12-9-22(33)10-13-31)14-11-25(24)37-19-21-3-2-4-23(15-21)38-27(26)16-20/h2-5,7,15-16,22,24-25,33H,6,8-14,17-19H2,1H3,(H,30,34)/t24-,25+/m1/s1. The predicted molar refractivity (Wildman–Crippen MR) is 141 cm³/mol. The molecule has 3 aliphatic heterocycles. The summed E-state index contributed by atoms with van der Waals surface area (Å²) in [6.45, 7) is 3.16. The van der Waals surface area contributed by atoms with E-state index in [9.17, 15) is 14.7 Å². The van der Waals surface area contributed by atoms with Gasteiger partial charge in [-0.1, -0.05) is 18.2 Å². The van der Waals surface area contributed by atoms with Crippen molar-refractivity contribution in [2.45, 2.75) is 57.0 Å². The number of hydrogen-bond acceptors (Lipinski definition) is 7. The molecule has 3 aliphatic rings. The summed E-state index contributed by atoms with van der Waals surface area (Å²) >= 11 is 0. The summed E-state index contributed by atoms with van der Waals surface area (Å²) in [5.74, 6) is 1.90. The number of carbonyl (C=O) groups excluding carboxylic acids is 2. The van der Waals surface area contributed by atoms with Gasteiger partial charge in [0.25, 0.3) is 0 Å². The molecular formula is C29H37N3O6. The van der Waals surface area contributed by atoms with Crippen molar-refractivity contribution in [2.24, 2.45) is 0 Å². The van der Waals surface area contributed by atoms with Crippen LogP contribution in [0.4, 0.5) is 0 Å². The van der Waals surface area contributed by atoms with Gasteiger partial charge in [-0.15, -0.1) is 0 Å². The van der Waals surface area contributed by atoms with Gasteiger partial charge in [-0.2, -0.15) is 0 Å². The summed E-state index contributed by atoms with van der Waals surface area (Å²) in [5.41, 5.74) is 1.94. The number of nitrogens with one attached hydrogen (secondary N) is 1. The monoisotopic (exact) mass is 523 g/mol. The Kier molecular flexibility index (Phi) is 8.46. The number of benzene rings is 2. The molecule has 0 aliphatic carbocycles. The van der Waals surface area contributed by atoms with Crippen molar-refractivity contribution in [3.05, 3.63) is 53.6 Å². The number of carbonyl (C=O) groups is 2. The molecule has 204 valence electrons. The number of piperidine rings is 2. The summed E-state index contributed by atoms with van der Waals surface area (Å²) < 4.78 is 18.0. The molecule has 0 aromatic heterocycles. The maximum Gasteiger partial charge on any atom is 0.236 e. The van der Waals surface area contributed by atoms with Gasteiger partial charge in [0.05, 0.1) is 38.5 Å². The van der Waals surface area contributed by atoms with Gasteiger partial charge in [-0.25, -0.2) is 0 Å². The van der Waals surface area contributed by atoms with Crippen LogP contribution in [0, 0.1) is 0 Å². The Morgan fingerprint density at radius 2 is 1.92 bits per heavy atom. The summed E-state index contributed by atoms with van der Waals surface area (Å²) in [6, 6.07) is 13.2. The molecule has 5 rings (SSSR count). The molecule has 0 saturated carbocycles. The Labute approximate surface area is 223 Å². The fourth-order valence-corrected chi connectivity index (χ4v) is 5.39. The van der Waals surface area contributed by atoms with Crippen LogP contribution in [0.3, 0.4) is 0 Å². The normalized spacial score (nSPS) is 23.3. The van der Waals surface area contributed by atoms with E-state index in [4.69, 9.17) is 14.2 Å². The van der Waals surface area contributed by atoms with Gasteiger partial charge in [0.15, 0.2) is 11.5 Å². The molecule has 2 amide bonds. The second kappa shape index (κ2) is 12.1. The summed E-state index contributed by atoms with van der Waals surface area (Å²) in [4.78, 5) is 30.1. The zero-order valence-electron chi connectivity index (χ0n) is 21.9. The number of aliphatic hydroxyl groups is 1. The predicted octanol–water partition coefficient (Wildman–Crippen LogP) is 2.49. The van der Waals surface area contributed by atoms with Gasteiger partial charge in [-0.3, -0.25) is 14.5 Å². The maximum atomic E-state index is 13.1. The Bertz CT molecular complexity index is 1130. The van der Waals surface area contributed by atoms with Crippen molar-refractivity contribution in [2.75, 3.05) is 39.8 Å². The number of ether oxygens (including phenoxy) is 3. The van der Waals surface area contributed by atoms with Crippen LogP contribution in [0.5, 0.6) is 17.2 Å². The lowest BCUT2D eigenvalue weighted by Gasteiger charge is -2.40. The molecule has 9 heteroatoms. The van der Waals surface area contributed by atoms with E-state index in [0.29, 0.717) is 75.6 Å². The molecule has 0 spiro atoms. The molecule has 0 unspecified atom stereocenters. The van der Waals surface area contributed by atoms with E-state index < -0.39 is 0 Å². The minimum absolute atomic E-state index is 0.0561. The lowest BCUT2D eigenvalue weighted by Crippen LogP contribution is -2.58. The van der Waals surface area contributed by atoms with Crippen LogP contribution in [0.2, 0.25) is 0 Å². The Morgan fingerprint density at radius 3 is 2.74 bits per heavy atom. The highest BCUT2D eigenvalue weighted by Gasteiger charge is 2.34. The number of nitrogens with zero attached hydrogens (tertiary/aromatic N) is 2. The third kappa shape index (κ3) is 6.64. The molecule has 2 saturated heterocycles. The van der Waals surface area contributed by atoms with Crippen LogP contribution in [-0.2, 0) is 27.4 Å². The number of rotatable bonds is 3. The van der Waals surface area contributed by atoms with Gasteiger partial charge in [0.2, 0.25) is 11.8 Å². The first-order valence-electron chi connectivity index (χ1n) is 13.5. The molecule has 3 heterocycles. The summed E-state index contributed by atoms with van der Waals surface area (Å²) in [5, 5.41) is 12.9. The topological polar surface area (TPSA) is 101 Å². The molecule has 2 atom stereocenters. The first-order chi connectivity index (χ1) is 18.5. The molecule has 9 nitrogen and oxygen atoms in total. The minimum Gasteiger partial charge on any atom is -0.493 e. The van der Waals surface area contributed by atoms with Crippen molar-refractivity contribution in [1.29, 1.82) is 0 Å². The van der Waals surface area contributed by atoms with Crippen molar-refractivity contribution in [1.82, 2.24) is 15.1 Å². The molecule has 2 N–H and O–H groups in total. The summed E-state index contributed by atoms with van der Waals surface area (Å²) in [6.07, 6.45) is 2.43. The van der Waals surface area contributed by atoms with Gasteiger partial charge in [0, 0.05) is 32.6 Å². The smallest absolute Gasteiger partial charge is 0.236 e. The van der Waals surface area contributed by atoms with E-state index in [2.05, 4.69) is 10.2 Å². The minimum atomic E-state index is -0.292. The number of methoxy groups -OCH3 is 1. The van der Waals surface area contributed by atoms with Crippen LogP contribution in [0.1, 0.15) is 36.8 Å². The third-order valence-electron chi connectivity index (χ3n) is 7.62. The van der Waals surface area contributed by atoms with Gasteiger partial charge < -0.3 is 29.5 Å². The number of amides is 2. The molecular weight excluding hydrogens is 486 g/mol. The Morgan fingerprint density at radius 1 is 1.08 bits per heavy atom. The lowest BCUT2D eigenvalue weighted by molar-refractivity contribution is -0.138. The lowest BCUT2D eigenvalue weighted by atomic mass is 10.0. The Balaban J connectivity index is 1.31. The van der Waals surface area contributed by atoms with Crippen LogP contribution < -0.4 is 14.8 Å². The maximum absolute atomic E-state index is 13.1. The molecule has 2 aromatic carbocycles. The van der Waals surface area contributed by atoms with E-state index in [1.165, 1.54) is 0 Å². The van der Waals surface area contributed by atoms with Crippen molar-refractivity contribution < 1.29 is 28.9 Å². The van der Waals surface area contributed by atoms with Crippen LogP contribution in [-0.4, -0.2) is 84.8 Å². The van der Waals surface area contributed by atoms with Crippen molar-refractivity contribution in [3.63, 3.8) is 0 Å². The first-order valence-corrected chi connectivity index (χ1v) is 13.5. The van der Waals surface area contributed by atoms with Crippen molar-refractivity contribution >= 4 is 11.8 Å². The van der Waals surface area contributed by atoms with Gasteiger partial charge in [0.1, 0.15) is 5.75 Å². The van der Waals surface area contributed by atoms with Crippen LogP contribution >= 0.6 is 0 Å². The molecule has 2 fully saturated rings. The van der Waals surface area contributed by atoms with Crippen LogP contribution in [0.25, 0.3) is 0 Å². The molecule has 38 heavy (non-hydrogen) atoms. The van der Waals surface area contributed by atoms with Gasteiger partial charge >= 0.3 is 0 Å².